The minimum absolute atomic E-state index is 0.126. The van der Waals surface area contributed by atoms with Gasteiger partial charge in [0, 0.05) is 12.1 Å². The molecule has 5 N–H and O–H groups in total. The lowest BCUT2D eigenvalue weighted by Crippen LogP contribution is -2.37. The molecule has 1 aliphatic rings. The van der Waals surface area contributed by atoms with Crippen LogP contribution in [0.15, 0.2) is 60.8 Å². The summed E-state index contributed by atoms with van der Waals surface area (Å²) < 4.78 is 5.65. The SMILES string of the molecule is C[C@H]1C[C@@H](c2ncc(-c3ccc4cc(-c5ccc(N)c(N)c5)ccc4c3)[nH]2)N(C(=O)OC(C)(C)C)C1. The summed E-state index contributed by atoms with van der Waals surface area (Å²) in [5.74, 6) is 1.17. The fraction of sp³-hybridized carbons (Fsp3) is 0.310. The molecule has 36 heavy (non-hydrogen) atoms. The Labute approximate surface area is 211 Å². The van der Waals surface area contributed by atoms with E-state index in [2.05, 4.69) is 53.3 Å². The molecule has 3 aromatic carbocycles. The van der Waals surface area contributed by atoms with Crippen LogP contribution in [0.3, 0.4) is 0 Å². The third-order valence-corrected chi connectivity index (χ3v) is 6.62. The van der Waals surface area contributed by atoms with Crippen LogP contribution in [0.4, 0.5) is 16.2 Å². The second-order valence-corrected chi connectivity index (χ2v) is 10.8. The maximum absolute atomic E-state index is 12.8. The van der Waals surface area contributed by atoms with Crippen molar-refractivity contribution in [2.24, 2.45) is 5.92 Å². The maximum Gasteiger partial charge on any atom is 0.410 e. The van der Waals surface area contributed by atoms with E-state index in [9.17, 15) is 4.79 Å². The topological polar surface area (TPSA) is 110 Å². The van der Waals surface area contributed by atoms with E-state index in [1.807, 2.05) is 45.2 Å². The minimum atomic E-state index is -0.535. The van der Waals surface area contributed by atoms with Gasteiger partial charge in [-0.15, -0.1) is 0 Å². The van der Waals surface area contributed by atoms with Crippen LogP contribution in [0.5, 0.6) is 0 Å². The van der Waals surface area contributed by atoms with Crippen LogP contribution in [0.25, 0.3) is 33.2 Å². The van der Waals surface area contributed by atoms with Gasteiger partial charge < -0.3 is 21.2 Å². The number of likely N-dealkylation sites (tertiary alicyclic amines) is 1. The number of nitrogens with two attached hydrogens (primary N) is 2. The standard InChI is InChI=1S/C29H33N5O2/c1-17-11-26(34(16-17)28(35)36-29(2,3)4)27-32-15-25(33-27)22-8-7-18-12-19(5-6-20(18)13-22)21-9-10-23(30)24(31)14-21/h5-10,12-15,17,26H,11,16,30-31H2,1-4H3,(H,32,33)/t17-,26-/m0/s1. The molecule has 0 spiro atoms. The fourth-order valence-corrected chi connectivity index (χ4v) is 4.83. The number of hydrogen-bond donors (Lipinski definition) is 3. The Morgan fingerprint density at radius 2 is 1.61 bits per heavy atom. The first-order valence-corrected chi connectivity index (χ1v) is 12.3. The van der Waals surface area contributed by atoms with E-state index < -0.39 is 5.60 Å². The van der Waals surface area contributed by atoms with Crippen molar-refractivity contribution in [3.05, 3.63) is 66.6 Å². The lowest BCUT2D eigenvalue weighted by Gasteiger charge is -2.27. The van der Waals surface area contributed by atoms with Gasteiger partial charge in [0.2, 0.25) is 0 Å². The highest BCUT2D eigenvalue weighted by atomic mass is 16.6. The Balaban J connectivity index is 1.40. The number of hydrogen-bond acceptors (Lipinski definition) is 5. The lowest BCUT2D eigenvalue weighted by molar-refractivity contribution is 0.0214. The number of nitrogen functional groups attached to an aromatic ring is 2. The lowest BCUT2D eigenvalue weighted by atomic mass is 9.99. The van der Waals surface area contributed by atoms with Crippen molar-refractivity contribution >= 4 is 28.2 Å². The second-order valence-electron chi connectivity index (χ2n) is 10.8. The number of aromatic nitrogens is 2. The summed E-state index contributed by atoms with van der Waals surface area (Å²) in [5.41, 5.74) is 16.6. The first-order chi connectivity index (χ1) is 17.1. The number of carbonyl (C=O) groups excluding carboxylic acids is 1. The van der Waals surface area contributed by atoms with E-state index in [4.69, 9.17) is 16.2 Å². The third kappa shape index (κ3) is 4.73. The van der Waals surface area contributed by atoms with Gasteiger partial charge in [-0.05, 0) is 79.3 Å². The zero-order valence-corrected chi connectivity index (χ0v) is 21.2. The van der Waals surface area contributed by atoms with Gasteiger partial charge in [0.05, 0.1) is 29.3 Å². The van der Waals surface area contributed by atoms with Gasteiger partial charge in [0.1, 0.15) is 11.4 Å². The van der Waals surface area contributed by atoms with Crippen LogP contribution in [-0.2, 0) is 4.74 Å². The molecule has 7 heteroatoms. The Morgan fingerprint density at radius 3 is 2.31 bits per heavy atom. The number of imidazole rings is 1. The van der Waals surface area contributed by atoms with E-state index >= 15 is 0 Å². The van der Waals surface area contributed by atoms with E-state index in [-0.39, 0.29) is 12.1 Å². The van der Waals surface area contributed by atoms with E-state index in [0.29, 0.717) is 23.8 Å². The van der Waals surface area contributed by atoms with Crippen LogP contribution in [-0.4, -0.2) is 33.1 Å². The summed E-state index contributed by atoms with van der Waals surface area (Å²) in [5, 5.41) is 2.26. The molecule has 0 unspecified atom stereocenters. The van der Waals surface area contributed by atoms with Gasteiger partial charge in [-0.2, -0.15) is 0 Å². The molecule has 1 saturated heterocycles. The number of nitrogens with zero attached hydrogens (tertiary/aromatic N) is 2. The highest BCUT2D eigenvalue weighted by molar-refractivity contribution is 5.91. The summed E-state index contributed by atoms with van der Waals surface area (Å²) in [6, 6.07) is 18.3. The molecule has 1 amide bonds. The average Bonchev–Trinajstić information content (AvgIpc) is 3.46. The molecule has 1 aliphatic heterocycles. The van der Waals surface area contributed by atoms with Crippen molar-refractivity contribution in [2.45, 2.75) is 45.8 Å². The maximum atomic E-state index is 12.8. The number of H-pyrrole nitrogens is 1. The second kappa shape index (κ2) is 8.90. The molecule has 186 valence electrons. The number of ether oxygens (including phenoxy) is 1. The number of nitrogens with one attached hydrogen (secondary N) is 1. The fourth-order valence-electron chi connectivity index (χ4n) is 4.83. The van der Waals surface area contributed by atoms with Crippen LogP contribution >= 0.6 is 0 Å². The first-order valence-electron chi connectivity index (χ1n) is 12.3. The molecule has 1 fully saturated rings. The number of benzene rings is 3. The smallest absolute Gasteiger partial charge is 0.410 e. The average molecular weight is 484 g/mol. The normalized spacial score (nSPS) is 18.1. The summed E-state index contributed by atoms with van der Waals surface area (Å²) >= 11 is 0. The molecule has 2 atom stereocenters. The molecule has 0 radical (unpaired) electrons. The molecule has 4 aromatic rings. The number of fused-ring (bicyclic) bond motifs is 1. The summed E-state index contributed by atoms with van der Waals surface area (Å²) in [7, 11) is 0. The van der Waals surface area contributed by atoms with Crippen LogP contribution < -0.4 is 11.5 Å². The number of anilines is 2. The summed E-state index contributed by atoms with van der Waals surface area (Å²) in [6.45, 7) is 8.47. The highest BCUT2D eigenvalue weighted by Crippen LogP contribution is 2.36. The van der Waals surface area contributed by atoms with Gasteiger partial charge in [-0.1, -0.05) is 37.3 Å². The molecule has 0 saturated carbocycles. The number of carbonyl (C=O) groups is 1. The Bertz CT molecular complexity index is 1440. The van der Waals surface area contributed by atoms with E-state index in [1.165, 1.54) is 0 Å². The molecule has 7 nitrogen and oxygen atoms in total. The van der Waals surface area contributed by atoms with Gasteiger partial charge >= 0.3 is 6.09 Å². The largest absolute Gasteiger partial charge is 0.444 e. The van der Waals surface area contributed by atoms with Crippen molar-refractivity contribution in [3.63, 3.8) is 0 Å². The zero-order chi connectivity index (χ0) is 25.6. The molecule has 1 aromatic heterocycles. The molecule has 5 rings (SSSR count). The highest BCUT2D eigenvalue weighted by Gasteiger charge is 2.38. The zero-order valence-electron chi connectivity index (χ0n) is 21.2. The van der Waals surface area contributed by atoms with Gasteiger partial charge in [0.15, 0.2) is 0 Å². The van der Waals surface area contributed by atoms with Crippen LogP contribution in [0.1, 0.15) is 46.0 Å². The van der Waals surface area contributed by atoms with Crippen molar-refractivity contribution in [3.8, 4) is 22.4 Å². The van der Waals surface area contributed by atoms with E-state index in [1.54, 1.807) is 4.90 Å². The van der Waals surface area contributed by atoms with Gasteiger partial charge in [0.25, 0.3) is 0 Å². The van der Waals surface area contributed by atoms with Crippen molar-refractivity contribution in [2.75, 3.05) is 18.0 Å². The molecule has 0 bridgehead atoms. The van der Waals surface area contributed by atoms with Crippen LogP contribution in [0.2, 0.25) is 0 Å². The predicted molar refractivity (Wildman–Crippen MR) is 145 cm³/mol. The first kappa shape index (κ1) is 23.7. The number of aromatic amines is 1. The molecule has 2 heterocycles. The number of rotatable bonds is 3. The van der Waals surface area contributed by atoms with Crippen LogP contribution in [0, 0.1) is 5.92 Å². The Hall–Kier alpha value is -4.00. The van der Waals surface area contributed by atoms with Crippen molar-refractivity contribution < 1.29 is 9.53 Å². The minimum Gasteiger partial charge on any atom is -0.444 e. The Morgan fingerprint density at radius 1 is 0.972 bits per heavy atom. The molecule has 0 aliphatic carbocycles. The molecular formula is C29H33N5O2. The summed E-state index contributed by atoms with van der Waals surface area (Å²) in [6.07, 6.45) is 2.40. The number of amides is 1. The van der Waals surface area contributed by atoms with Crippen molar-refractivity contribution in [1.82, 2.24) is 14.9 Å². The Kier molecular flexibility index (Phi) is 5.86. The van der Waals surface area contributed by atoms with Gasteiger partial charge in [-0.3, -0.25) is 4.90 Å². The third-order valence-electron chi connectivity index (χ3n) is 6.62. The monoisotopic (exact) mass is 483 g/mol. The molecular weight excluding hydrogens is 450 g/mol. The predicted octanol–water partition coefficient (Wildman–Crippen LogP) is 6.38. The quantitative estimate of drug-likeness (QED) is 0.293. The van der Waals surface area contributed by atoms with E-state index in [0.717, 1.165) is 45.4 Å². The summed E-state index contributed by atoms with van der Waals surface area (Å²) in [4.78, 5) is 22.8. The van der Waals surface area contributed by atoms with Crippen molar-refractivity contribution in [1.29, 1.82) is 0 Å². The van der Waals surface area contributed by atoms with Gasteiger partial charge in [-0.25, -0.2) is 9.78 Å².